The average molecular weight is 466 g/mol. The predicted molar refractivity (Wildman–Crippen MR) is 135 cm³/mol. The van der Waals surface area contributed by atoms with Crippen molar-refractivity contribution in [3.63, 3.8) is 0 Å². The van der Waals surface area contributed by atoms with E-state index in [4.69, 9.17) is 10.5 Å². The lowest BCUT2D eigenvalue weighted by Gasteiger charge is -2.41. The van der Waals surface area contributed by atoms with Gasteiger partial charge in [-0.05, 0) is 56.7 Å². The lowest BCUT2D eigenvalue weighted by Crippen LogP contribution is -2.60. The molecule has 184 valence electrons. The van der Waals surface area contributed by atoms with Crippen molar-refractivity contribution in [1.29, 1.82) is 0 Å². The molecule has 2 amide bonds. The first-order valence-electron chi connectivity index (χ1n) is 12.3. The molecule has 2 atom stereocenters. The molecule has 1 aliphatic heterocycles. The molecule has 1 heterocycles. The molecule has 1 fully saturated rings. The lowest BCUT2D eigenvalue weighted by atomic mass is 9.95. The number of carbonyl (C=O) groups is 2. The first-order chi connectivity index (χ1) is 16.2. The highest BCUT2D eigenvalue weighted by atomic mass is 16.6. The maximum Gasteiger partial charge on any atom is 0.411 e. The van der Waals surface area contributed by atoms with E-state index in [0.717, 1.165) is 24.0 Å². The van der Waals surface area contributed by atoms with Gasteiger partial charge in [-0.1, -0.05) is 67.9 Å². The number of nitrogens with zero attached hydrogens (tertiary/aromatic N) is 2. The molecule has 6 heteroatoms. The Morgan fingerprint density at radius 1 is 1.06 bits per heavy atom. The standard InChI is InChI=1S/C28H39N3O3/c1-5-10-21-13-9-14-23(17-21)18-24(29)19-25-26(32)30(20-22-11-7-6-8-12-22)15-16-31(25)27(33)34-28(2,3)4/h6-9,11-14,17,24-25H,5,10,15-16,18-20,29H2,1-4H3/t24-,25-/m0/s1. The number of benzene rings is 2. The fourth-order valence-electron chi connectivity index (χ4n) is 4.44. The second-order valence-corrected chi connectivity index (χ2v) is 10.2. The van der Waals surface area contributed by atoms with E-state index in [1.165, 1.54) is 5.56 Å². The van der Waals surface area contributed by atoms with Crippen molar-refractivity contribution >= 4 is 12.0 Å². The molecule has 2 N–H and O–H groups in total. The molecular weight excluding hydrogens is 426 g/mol. The van der Waals surface area contributed by atoms with Crippen LogP contribution in [0.3, 0.4) is 0 Å². The van der Waals surface area contributed by atoms with Crippen LogP contribution in [0, 0.1) is 0 Å². The number of ether oxygens (including phenoxy) is 1. The Kier molecular flexibility index (Phi) is 8.72. The minimum atomic E-state index is -0.638. The van der Waals surface area contributed by atoms with E-state index < -0.39 is 17.7 Å². The maximum atomic E-state index is 13.6. The first kappa shape index (κ1) is 25.8. The predicted octanol–water partition coefficient (Wildman–Crippen LogP) is 4.55. The van der Waals surface area contributed by atoms with Gasteiger partial charge in [0.05, 0.1) is 0 Å². The molecule has 0 bridgehead atoms. The number of aryl methyl sites for hydroxylation is 1. The van der Waals surface area contributed by atoms with Gasteiger partial charge in [0.15, 0.2) is 0 Å². The van der Waals surface area contributed by atoms with E-state index in [1.54, 1.807) is 4.90 Å². The summed E-state index contributed by atoms with van der Waals surface area (Å²) in [5.41, 5.74) is 9.45. The second-order valence-electron chi connectivity index (χ2n) is 10.2. The summed E-state index contributed by atoms with van der Waals surface area (Å²) in [6.45, 7) is 9.09. The SMILES string of the molecule is CCCc1cccc(C[C@H](N)C[C@H]2C(=O)N(Cc3ccccc3)CCN2C(=O)OC(C)(C)C)c1. The van der Waals surface area contributed by atoms with Crippen LogP contribution in [0.25, 0.3) is 0 Å². The third-order valence-corrected chi connectivity index (χ3v) is 5.98. The largest absolute Gasteiger partial charge is 0.444 e. The third kappa shape index (κ3) is 7.32. The highest BCUT2D eigenvalue weighted by molar-refractivity contribution is 5.87. The number of nitrogens with two attached hydrogens (primary N) is 1. The lowest BCUT2D eigenvalue weighted by molar-refractivity contribution is -0.142. The zero-order valence-electron chi connectivity index (χ0n) is 21.0. The van der Waals surface area contributed by atoms with Crippen LogP contribution in [0.15, 0.2) is 54.6 Å². The van der Waals surface area contributed by atoms with Crippen LogP contribution < -0.4 is 5.73 Å². The Hall–Kier alpha value is -2.86. The quantitative estimate of drug-likeness (QED) is 0.621. The molecule has 1 aliphatic rings. The molecule has 0 unspecified atom stereocenters. The van der Waals surface area contributed by atoms with Gasteiger partial charge in [0, 0.05) is 25.7 Å². The van der Waals surface area contributed by atoms with E-state index in [2.05, 4.69) is 31.2 Å². The third-order valence-electron chi connectivity index (χ3n) is 5.98. The van der Waals surface area contributed by atoms with E-state index in [1.807, 2.05) is 56.0 Å². The first-order valence-corrected chi connectivity index (χ1v) is 12.3. The number of amides is 2. The van der Waals surface area contributed by atoms with Gasteiger partial charge in [0.1, 0.15) is 11.6 Å². The van der Waals surface area contributed by atoms with Crippen LogP contribution in [0.5, 0.6) is 0 Å². The zero-order chi connectivity index (χ0) is 24.7. The Morgan fingerprint density at radius 2 is 1.74 bits per heavy atom. The fraction of sp³-hybridized carbons (Fsp3) is 0.500. The highest BCUT2D eigenvalue weighted by Crippen LogP contribution is 2.22. The highest BCUT2D eigenvalue weighted by Gasteiger charge is 2.40. The molecule has 0 radical (unpaired) electrons. The molecule has 0 aromatic heterocycles. The minimum Gasteiger partial charge on any atom is -0.444 e. The smallest absolute Gasteiger partial charge is 0.411 e. The second kappa shape index (κ2) is 11.5. The maximum absolute atomic E-state index is 13.6. The summed E-state index contributed by atoms with van der Waals surface area (Å²) in [5, 5.41) is 0. The number of piperazine rings is 1. The van der Waals surface area contributed by atoms with Gasteiger partial charge >= 0.3 is 6.09 Å². The van der Waals surface area contributed by atoms with E-state index in [0.29, 0.717) is 32.5 Å². The van der Waals surface area contributed by atoms with E-state index in [-0.39, 0.29) is 11.9 Å². The average Bonchev–Trinajstić information content (AvgIpc) is 2.76. The van der Waals surface area contributed by atoms with Gasteiger partial charge in [0.25, 0.3) is 0 Å². The summed E-state index contributed by atoms with van der Waals surface area (Å²) < 4.78 is 5.63. The zero-order valence-corrected chi connectivity index (χ0v) is 21.0. The minimum absolute atomic E-state index is 0.0730. The Labute approximate surface area is 204 Å². The van der Waals surface area contributed by atoms with Crippen molar-refractivity contribution in [2.75, 3.05) is 13.1 Å². The molecule has 0 aliphatic carbocycles. The molecule has 3 rings (SSSR count). The summed E-state index contributed by atoms with van der Waals surface area (Å²) >= 11 is 0. The summed E-state index contributed by atoms with van der Waals surface area (Å²) in [5.74, 6) is -0.0730. The van der Waals surface area contributed by atoms with E-state index >= 15 is 0 Å². The van der Waals surface area contributed by atoms with Crippen molar-refractivity contribution in [2.45, 2.75) is 77.6 Å². The normalized spacial score (nSPS) is 17.6. The van der Waals surface area contributed by atoms with Gasteiger partial charge in [-0.25, -0.2) is 4.79 Å². The molecule has 0 spiro atoms. The van der Waals surface area contributed by atoms with Crippen molar-refractivity contribution in [2.24, 2.45) is 5.73 Å². The van der Waals surface area contributed by atoms with Crippen molar-refractivity contribution in [3.05, 3.63) is 71.3 Å². The summed E-state index contributed by atoms with van der Waals surface area (Å²) in [6, 6.07) is 17.5. The van der Waals surface area contributed by atoms with Crippen LogP contribution in [0.2, 0.25) is 0 Å². The Bertz CT molecular complexity index is 955. The van der Waals surface area contributed by atoms with Crippen molar-refractivity contribution in [3.8, 4) is 0 Å². The fourth-order valence-corrected chi connectivity index (χ4v) is 4.44. The molecule has 0 saturated carbocycles. The molecule has 1 saturated heterocycles. The topological polar surface area (TPSA) is 75.9 Å². The molecule has 6 nitrogen and oxygen atoms in total. The molecular formula is C28H39N3O3. The number of carbonyl (C=O) groups excluding carboxylic acids is 2. The monoisotopic (exact) mass is 465 g/mol. The van der Waals surface area contributed by atoms with Gasteiger partial charge in [-0.15, -0.1) is 0 Å². The Morgan fingerprint density at radius 3 is 2.41 bits per heavy atom. The number of hydrogen-bond donors (Lipinski definition) is 1. The summed E-state index contributed by atoms with van der Waals surface area (Å²) in [6.07, 6.45) is 2.71. The van der Waals surface area contributed by atoms with Crippen LogP contribution >= 0.6 is 0 Å². The van der Waals surface area contributed by atoms with Crippen molar-refractivity contribution < 1.29 is 14.3 Å². The van der Waals surface area contributed by atoms with Crippen LogP contribution in [-0.4, -0.2) is 52.6 Å². The molecule has 2 aromatic carbocycles. The van der Waals surface area contributed by atoms with Gasteiger partial charge in [-0.3, -0.25) is 9.69 Å². The van der Waals surface area contributed by atoms with Gasteiger partial charge < -0.3 is 15.4 Å². The number of rotatable bonds is 8. The van der Waals surface area contributed by atoms with Gasteiger partial charge in [-0.2, -0.15) is 0 Å². The number of hydrogen-bond acceptors (Lipinski definition) is 4. The summed E-state index contributed by atoms with van der Waals surface area (Å²) in [4.78, 5) is 29.9. The molecule has 34 heavy (non-hydrogen) atoms. The van der Waals surface area contributed by atoms with Gasteiger partial charge in [0.2, 0.25) is 5.91 Å². The van der Waals surface area contributed by atoms with Crippen LogP contribution in [0.1, 0.15) is 57.2 Å². The Balaban J connectivity index is 1.75. The van der Waals surface area contributed by atoms with Crippen molar-refractivity contribution in [1.82, 2.24) is 9.80 Å². The van der Waals surface area contributed by atoms with Crippen LogP contribution in [-0.2, 0) is 28.9 Å². The molecule has 2 aromatic rings. The van der Waals surface area contributed by atoms with Crippen LogP contribution in [0.4, 0.5) is 4.79 Å². The summed E-state index contributed by atoms with van der Waals surface area (Å²) in [7, 11) is 0. The van der Waals surface area contributed by atoms with E-state index in [9.17, 15) is 9.59 Å².